The maximum atomic E-state index is 13.7. The van der Waals surface area contributed by atoms with E-state index >= 15 is 0 Å². The summed E-state index contributed by atoms with van der Waals surface area (Å²) in [6.45, 7) is 2.42. The van der Waals surface area contributed by atoms with Crippen LogP contribution in [0.3, 0.4) is 0 Å². The molecule has 1 aliphatic carbocycles. The lowest BCUT2D eigenvalue weighted by Crippen LogP contribution is -2.48. The van der Waals surface area contributed by atoms with Crippen LogP contribution in [0.2, 0.25) is 0 Å². The summed E-state index contributed by atoms with van der Waals surface area (Å²) in [4.78, 5) is 27.6. The molecule has 2 aliphatic rings. The minimum atomic E-state index is -0.588. The number of esters is 1. The highest BCUT2D eigenvalue weighted by Crippen LogP contribution is 2.41. The Labute approximate surface area is 164 Å². The maximum absolute atomic E-state index is 13.7. The number of nitrogens with zero attached hydrogens (tertiary/aromatic N) is 1. The van der Waals surface area contributed by atoms with E-state index in [2.05, 4.69) is 0 Å². The van der Waals surface area contributed by atoms with Crippen LogP contribution in [0.25, 0.3) is 0 Å². The number of halogens is 1. The number of benzene rings is 1. The minimum Gasteiger partial charge on any atom is -0.464 e. The molecule has 6 heteroatoms. The second-order valence-electron chi connectivity index (χ2n) is 7.38. The van der Waals surface area contributed by atoms with Crippen LogP contribution in [0.15, 0.2) is 24.3 Å². The molecule has 0 aromatic heterocycles. The van der Waals surface area contributed by atoms with Gasteiger partial charge in [-0.3, -0.25) is 4.79 Å². The lowest BCUT2D eigenvalue weighted by atomic mass is 9.88. The Kier molecular flexibility index (Phi) is 7.16. The smallest absolute Gasteiger partial charge is 0.329 e. The van der Waals surface area contributed by atoms with Gasteiger partial charge in [0.1, 0.15) is 11.9 Å². The molecule has 27 heavy (non-hydrogen) atoms. The average molecular weight is 394 g/mol. The molecule has 1 aromatic carbocycles. The van der Waals surface area contributed by atoms with E-state index in [9.17, 15) is 14.0 Å². The van der Waals surface area contributed by atoms with E-state index in [1.54, 1.807) is 22.7 Å². The van der Waals surface area contributed by atoms with E-state index < -0.39 is 11.9 Å². The molecule has 0 bridgehead atoms. The predicted octanol–water partition coefficient (Wildman–Crippen LogP) is 4.63. The van der Waals surface area contributed by atoms with Crippen molar-refractivity contribution in [2.75, 3.05) is 12.4 Å². The van der Waals surface area contributed by atoms with Gasteiger partial charge in [-0.25, -0.2) is 9.18 Å². The SMILES string of the molecule is CCCCOC(=O)[C@@H]1CS[C@H](C2CCCCC2)N1C(=O)c1cccc(F)c1. The van der Waals surface area contributed by atoms with Crippen LogP contribution >= 0.6 is 11.8 Å². The van der Waals surface area contributed by atoms with Crippen molar-refractivity contribution in [2.24, 2.45) is 5.92 Å². The summed E-state index contributed by atoms with van der Waals surface area (Å²) < 4.78 is 19.1. The molecule has 3 rings (SSSR count). The number of hydrogen-bond acceptors (Lipinski definition) is 4. The van der Waals surface area contributed by atoms with Crippen molar-refractivity contribution in [3.8, 4) is 0 Å². The van der Waals surface area contributed by atoms with E-state index in [4.69, 9.17) is 4.74 Å². The third-order valence-electron chi connectivity index (χ3n) is 5.41. The molecule has 1 aliphatic heterocycles. The van der Waals surface area contributed by atoms with Crippen molar-refractivity contribution in [1.29, 1.82) is 0 Å². The van der Waals surface area contributed by atoms with Crippen LogP contribution in [0.4, 0.5) is 4.39 Å². The van der Waals surface area contributed by atoms with E-state index in [1.165, 1.54) is 24.6 Å². The topological polar surface area (TPSA) is 46.6 Å². The fourth-order valence-electron chi connectivity index (χ4n) is 3.93. The van der Waals surface area contributed by atoms with Gasteiger partial charge in [0.2, 0.25) is 0 Å². The van der Waals surface area contributed by atoms with Crippen molar-refractivity contribution in [3.63, 3.8) is 0 Å². The Morgan fingerprint density at radius 1 is 1.26 bits per heavy atom. The third-order valence-corrected chi connectivity index (χ3v) is 6.87. The van der Waals surface area contributed by atoms with Crippen LogP contribution in [-0.4, -0.2) is 40.6 Å². The van der Waals surface area contributed by atoms with Crippen molar-refractivity contribution < 1.29 is 18.7 Å². The maximum Gasteiger partial charge on any atom is 0.329 e. The van der Waals surface area contributed by atoms with E-state index in [0.29, 0.717) is 23.8 Å². The van der Waals surface area contributed by atoms with Crippen LogP contribution < -0.4 is 0 Å². The van der Waals surface area contributed by atoms with Gasteiger partial charge >= 0.3 is 5.97 Å². The van der Waals surface area contributed by atoms with Crippen molar-refractivity contribution in [3.05, 3.63) is 35.6 Å². The number of carbonyl (C=O) groups is 2. The summed E-state index contributed by atoms with van der Waals surface area (Å²) >= 11 is 1.67. The number of thioether (sulfide) groups is 1. The largest absolute Gasteiger partial charge is 0.464 e. The Bertz CT molecular complexity index is 663. The van der Waals surface area contributed by atoms with Crippen LogP contribution in [0.5, 0.6) is 0 Å². The first-order valence-corrected chi connectivity index (χ1v) is 11.0. The molecule has 148 valence electrons. The van der Waals surface area contributed by atoms with Gasteiger partial charge in [0.05, 0.1) is 12.0 Å². The highest BCUT2D eigenvalue weighted by molar-refractivity contribution is 8.00. The van der Waals surface area contributed by atoms with Crippen LogP contribution in [0, 0.1) is 11.7 Å². The predicted molar refractivity (Wildman–Crippen MR) is 105 cm³/mol. The molecule has 1 heterocycles. The molecule has 1 aromatic rings. The van der Waals surface area contributed by atoms with E-state index in [1.807, 2.05) is 6.92 Å². The van der Waals surface area contributed by atoms with E-state index in [0.717, 1.165) is 38.5 Å². The highest BCUT2D eigenvalue weighted by Gasteiger charge is 2.45. The molecule has 4 nitrogen and oxygen atoms in total. The molecule has 1 saturated carbocycles. The number of rotatable bonds is 6. The summed E-state index contributed by atoms with van der Waals surface area (Å²) in [5.74, 6) is -0.113. The van der Waals surface area contributed by atoms with Gasteiger partial charge in [-0.2, -0.15) is 0 Å². The zero-order chi connectivity index (χ0) is 19.2. The standard InChI is InChI=1S/C21H28FNO3S/c1-2-3-12-26-21(25)18-14-27-20(15-8-5-4-6-9-15)23(18)19(24)16-10-7-11-17(22)13-16/h7,10-11,13,15,18,20H,2-6,8-9,12,14H2,1H3/t18-,20+/m0/s1. The molecule has 1 amide bonds. The molecule has 0 unspecified atom stereocenters. The van der Waals surface area contributed by atoms with Crippen molar-refractivity contribution in [2.45, 2.75) is 63.3 Å². The monoisotopic (exact) mass is 393 g/mol. The first kappa shape index (κ1) is 20.2. The van der Waals surface area contributed by atoms with Gasteiger partial charge in [0.25, 0.3) is 5.91 Å². The molecule has 0 N–H and O–H groups in total. The van der Waals surface area contributed by atoms with E-state index in [-0.39, 0.29) is 17.3 Å². The third kappa shape index (κ3) is 4.84. The van der Waals surface area contributed by atoms with Crippen LogP contribution in [0.1, 0.15) is 62.2 Å². The zero-order valence-electron chi connectivity index (χ0n) is 15.9. The quantitative estimate of drug-likeness (QED) is 0.522. The lowest BCUT2D eigenvalue weighted by Gasteiger charge is -2.35. The molecule has 0 radical (unpaired) electrons. The summed E-state index contributed by atoms with van der Waals surface area (Å²) in [6, 6.07) is 5.14. The van der Waals surface area contributed by atoms with Crippen LogP contribution in [-0.2, 0) is 9.53 Å². The molecule has 2 atom stereocenters. The number of unbranched alkanes of at least 4 members (excludes halogenated alkanes) is 1. The number of amides is 1. The van der Waals surface area contributed by atoms with Gasteiger partial charge < -0.3 is 9.64 Å². The van der Waals surface area contributed by atoms with Gasteiger partial charge in [0.15, 0.2) is 0 Å². The summed E-state index contributed by atoms with van der Waals surface area (Å²) in [6.07, 6.45) is 7.46. The second-order valence-corrected chi connectivity index (χ2v) is 8.53. The Morgan fingerprint density at radius 2 is 2.04 bits per heavy atom. The first-order valence-electron chi connectivity index (χ1n) is 9.98. The number of hydrogen-bond donors (Lipinski definition) is 0. The van der Waals surface area contributed by atoms with Gasteiger partial charge in [-0.1, -0.05) is 38.7 Å². The Hall–Kier alpha value is -1.56. The average Bonchev–Trinajstić information content (AvgIpc) is 3.13. The number of carbonyl (C=O) groups excluding carboxylic acids is 2. The highest BCUT2D eigenvalue weighted by atomic mass is 32.2. The van der Waals surface area contributed by atoms with Gasteiger partial charge in [-0.05, 0) is 43.4 Å². The first-order chi connectivity index (χ1) is 13.1. The molecule has 0 spiro atoms. The fraction of sp³-hybridized carbons (Fsp3) is 0.619. The zero-order valence-corrected chi connectivity index (χ0v) is 16.7. The van der Waals surface area contributed by atoms with Gasteiger partial charge in [-0.15, -0.1) is 11.8 Å². The van der Waals surface area contributed by atoms with Gasteiger partial charge in [0, 0.05) is 11.3 Å². The lowest BCUT2D eigenvalue weighted by molar-refractivity contribution is -0.148. The number of ether oxygens (including phenoxy) is 1. The minimum absolute atomic E-state index is 0.0372. The molecule has 1 saturated heterocycles. The summed E-state index contributed by atoms with van der Waals surface area (Å²) in [5.41, 5.74) is 0.296. The Balaban J connectivity index is 1.82. The molecule has 2 fully saturated rings. The van der Waals surface area contributed by atoms with Crippen molar-refractivity contribution in [1.82, 2.24) is 4.90 Å². The normalized spacial score (nSPS) is 23.4. The fourth-order valence-corrected chi connectivity index (χ4v) is 5.56. The molecular weight excluding hydrogens is 365 g/mol. The second kappa shape index (κ2) is 9.58. The summed E-state index contributed by atoms with van der Waals surface area (Å²) in [5, 5.41) is -0.0372. The molecular formula is C21H28FNO3S. The Morgan fingerprint density at radius 3 is 2.74 bits per heavy atom. The summed E-state index contributed by atoms with van der Waals surface area (Å²) in [7, 11) is 0. The van der Waals surface area contributed by atoms with Crippen molar-refractivity contribution >= 4 is 23.6 Å².